The predicted octanol–water partition coefficient (Wildman–Crippen LogP) is 4.92. The van der Waals surface area contributed by atoms with Crippen LogP contribution in [0.2, 0.25) is 0 Å². The number of carbonyl (C=O) groups excluding carboxylic acids is 2. The molecule has 0 N–H and O–H groups in total. The third-order valence-electron chi connectivity index (χ3n) is 6.02. The number of thiophene rings is 1. The topological polar surface area (TPSA) is 96.7 Å². The summed E-state index contributed by atoms with van der Waals surface area (Å²) in [7, 11) is 0. The van der Waals surface area contributed by atoms with Crippen molar-refractivity contribution in [3.05, 3.63) is 27.6 Å². The van der Waals surface area contributed by atoms with Crippen LogP contribution in [-0.4, -0.2) is 40.3 Å². The minimum Gasteiger partial charge on any atom is -0.463 e. The van der Waals surface area contributed by atoms with Crippen LogP contribution < -0.4 is 5.69 Å². The Kier molecular flexibility index (Phi) is 10.1. The van der Waals surface area contributed by atoms with Gasteiger partial charge in [-0.2, -0.15) is 4.98 Å². The summed E-state index contributed by atoms with van der Waals surface area (Å²) in [5.41, 5.74) is -0.410. The fraction of sp³-hybridized carbons (Fsp3) is 0.680. The molecule has 34 heavy (non-hydrogen) atoms. The third-order valence-corrected chi connectivity index (χ3v) is 7.13. The van der Waals surface area contributed by atoms with Crippen LogP contribution >= 0.6 is 11.3 Å². The fourth-order valence-corrected chi connectivity index (χ4v) is 5.33. The van der Waals surface area contributed by atoms with Gasteiger partial charge in [0.15, 0.2) is 0 Å². The highest BCUT2D eigenvalue weighted by molar-refractivity contribution is 7.18. The molecule has 0 saturated carbocycles. The zero-order chi connectivity index (χ0) is 24.5. The van der Waals surface area contributed by atoms with E-state index in [-0.39, 0.29) is 13.0 Å². The van der Waals surface area contributed by atoms with Crippen LogP contribution in [-0.2, 0) is 30.2 Å². The maximum absolute atomic E-state index is 12.7. The maximum Gasteiger partial charge on any atom is 0.351 e. The van der Waals surface area contributed by atoms with Crippen molar-refractivity contribution in [1.82, 2.24) is 9.55 Å². The summed E-state index contributed by atoms with van der Waals surface area (Å²) < 4.78 is 17.8. The maximum atomic E-state index is 12.7. The van der Waals surface area contributed by atoms with Crippen molar-refractivity contribution in [2.24, 2.45) is 0 Å². The number of carbonyl (C=O) groups is 2. The quantitative estimate of drug-likeness (QED) is 0.289. The van der Waals surface area contributed by atoms with Gasteiger partial charge in [-0.15, -0.1) is 11.3 Å². The van der Waals surface area contributed by atoms with Crippen LogP contribution in [0.3, 0.4) is 0 Å². The number of esters is 2. The van der Waals surface area contributed by atoms with E-state index in [2.05, 4.69) is 18.0 Å². The van der Waals surface area contributed by atoms with E-state index in [1.54, 1.807) is 17.5 Å². The molecule has 0 aliphatic carbocycles. The highest BCUT2D eigenvalue weighted by atomic mass is 32.1. The Hall–Kier alpha value is -2.26. The van der Waals surface area contributed by atoms with Gasteiger partial charge in [-0.25, -0.2) is 4.79 Å². The molecule has 0 unspecified atom stereocenters. The minimum atomic E-state index is -0.648. The Morgan fingerprint density at radius 1 is 1.12 bits per heavy atom. The van der Waals surface area contributed by atoms with Gasteiger partial charge in [0.2, 0.25) is 0 Å². The first-order valence-corrected chi connectivity index (χ1v) is 13.2. The molecule has 0 bridgehead atoms. The molecule has 8 nitrogen and oxygen atoms in total. The SMILES string of the molecule is CCCCCCCCCCc1cc2cn([C@H]3C[C@H](OC(C)=O)[C@@H](COC(C)=O)O3)c(=O)nc2s1. The molecule has 0 aromatic carbocycles. The molecule has 0 spiro atoms. The monoisotopic (exact) mass is 492 g/mol. The number of ether oxygens (including phenoxy) is 3. The van der Waals surface area contributed by atoms with Gasteiger partial charge >= 0.3 is 17.6 Å². The second-order valence-corrected chi connectivity index (χ2v) is 10.1. The Bertz CT molecular complexity index is 1020. The molecule has 3 heterocycles. The molecule has 2 aromatic heterocycles. The van der Waals surface area contributed by atoms with Crippen LogP contribution in [0.4, 0.5) is 0 Å². The summed E-state index contributed by atoms with van der Waals surface area (Å²) >= 11 is 1.57. The first-order valence-electron chi connectivity index (χ1n) is 12.3. The summed E-state index contributed by atoms with van der Waals surface area (Å²) in [4.78, 5) is 41.6. The van der Waals surface area contributed by atoms with Gasteiger partial charge in [0.1, 0.15) is 29.9 Å². The van der Waals surface area contributed by atoms with Crippen LogP contribution in [0.1, 0.15) is 89.7 Å². The number of nitrogens with zero attached hydrogens (tertiary/aromatic N) is 2. The van der Waals surface area contributed by atoms with E-state index in [0.717, 1.165) is 23.1 Å². The van der Waals surface area contributed by atoms with Crippen molar-refractivity contribution in [3.63, 3.8) is 0 Å². The van der Waals surface area contributed by atoms with Crippen LogP contribution in [0, 0.1) is 0 Å². The second kappa shape index (κ2) is 13.0. The van der Waals surface area contributed by atoms with Crippen molar-refractivity contribution in [2.45, 2.75) is 103 Å². The Morgan fingerprint density at radius 3 is 2.50 bits per heavy atom. The van der Waals surface area contributed by atoms with Gasteiger partial charge in [0, 0.05) is 36.7 Å². The predicted molar refractivity (Wildman–Crippen MR) is 131 cm³/mol. The number of unbranched alkanes of at least 4 members (excludes halogenated alkanes) is 7. The Morgan fingerprint density at radius 2 is 1.82 bits per heavy atom. The zero-order valence-electron chi connectivity index (χ0n) is 20.4. The number of rotatable bonds is 13. The highest BCUT2D eigenvalue weighted by Gasteiger charge is 2.39. The van der Waals surface area contributed by atoms with E-state index in [1.165, 1.54) is 68.2 Å². The first-order chi connectivity index (χ1) is 16.4. The molecular formula is C25H36N2O6S. The lowest BCUT2D eigenvalue weighted by molar-refractivity contribution is -0.155. The van der Waals surface area contributed by atoms with E-state index < -0.39 is 36.1 Å². The van der Waals surface area contributed by atoms with Crippen molar-refractivity contribution < 1.29 is 23.8 Å². The minimum absolute atomic E-state index is 0.0462. The van der Waals surface area contributed by atoms with Crippen molar-refractivity contribution in [1.29, 1.82) is 0 Å². The van der Waals surface area contributed by atoms with Crippen molar-refractivity contribution in [2.75, 3.05) is 6.61 Å². The van der Waals surface area contributed by atoms with Gasteiger partial charge in [-0.1, -0.05) is 51.9 Å². The summed E-state index contributed by atoms with van der Waals surface area (Å²) in [5.74, 6) is -0.900. The van der Waals surface area contributed by atoms with E-state index in [9.17, 15) is 14.4 Å². The van der Waals surface area contributed by atoms with Crippen LogP contribution in [0.15, 0.2) is 17.1 Å². The van der Waals surface area contributed by atoms with E-state index in [4.69, 9.17) is 14.2 Å². The molecule has 2 aromatic rings. The number of hydrogen-bond donors (Lipinski definition) is 0. The lowest BCUT2D eigenvalue weighted by Crippen LogP contribution is -2.31. The van der Waals surface area contributed by atoms with E-state index in [1.807, 2.05) is 0 Å². The van der Waals surface area contributed by atoms with Crippen LogP contribution in [0.25, 0.3) is 10.2 Å². The second-order valence-electron chi connectivity index (χ2n) is 8.94. The molecule has 1 saturated heterocycles. The van der Waals surface area contributed by atoms with Gasteiger partial charge in [-0.3, -0.25) is 14.2 Å². The number of aromatic nitrogens is 2. The smallest absolute Gasteiger partial charge is 0.351 e. The molecule has 1 aliphatic rings. The molecular weight excluding hydrogens is 456 g/mol. The fourth-order valence-electron chi connectivity index (χ4n) is 4.30. The zero-order valence-corrected chi connectivity index (χ0v) is 21.2. The molecule has 0 amide bonds. The lowest BCUT2D eigenvalue weighted by atomic mass is 10.1. The molecule has 3 rings (SSSR count). The molecule has 9 heteroatoms. The molecule has 3 atom stereocenters. The van der Waals surface area contributed by atoms with Gasteiger partial charge in [0.05, 0.1) is 0 Å². The largest absolute Gasteiger partial charge is 0.463 e. The third kappa shape index (κ3) is 7.63. The standard InChI is InChI=1S/C25H36N2O6S/c1-4-5-6-7-8-9-10-11-12-20-13-19-15-27(25(30)26-24(19)34-20)23-14-21(32-18(3)29)22(33-23)16-31-17(2)28/h13,15,21-23H,4-12,14,16H2,1-3H3/t21-,22+,23+/m0/s1. The summed E-state index contributed by atoms with van der Waals surface area (Å²) in [6, 6.07) is 2.10. The summed E-state index contributed by atoms with van der Waals surface area (Å²) in [5, 5.41) is 0.898. The van der Waals surface area contributed by atoms with Crippen molar-refractivity contribution >= 4 is 33.5 Å². The number of aryl methyl sites for hydroxylation is 1. The Balaban J connectivity index is 1.61. The summed E-state index contributed by atoms with van der Waals surface area (Å²) in [6.07, 6.45) is 11.4. The molecule has 188 valence electrons. The van der Waals surface area contributed by atoms with Crippen LogP contribution in [0.5, 0.6) is 0 Å². The number of hydrogen-bond acceptors (Lipinski definition) is 8. The van der Waals surface area contributed by atoms with Gasteiger partial charge in [0.25, 0.3) is 0 Å². The van der Waals surface area contributed by atoms with Gasteiger partial charge in [-0.05, 0) is 18.9 Å². The molecule has 1 aliphatic heterocycles. The number of fused-ring (bicyclic) bond motifs is 1. The average Bonchev–Trinajstić information content (AvgIpc) is 3.36. The van der Waals surface area contributed by atoms with E-state index in [0.29, 0.717) is 0 Å². The highest BCUT2D eigenvalue weighted by Crippen LogP contribution is 2.32. The lowest BCUT2D eigenvalue weighted by Gasteiger charge is -2.17. The van der Waals surface area contributed by atoms with Crippen molar-refractivity contribution in [3.8, 4) is 0 Å². The first kappa shape index (κ1) is 26.3. The Labute approximate surface area is 204 Å². The van der Waals surface area contributed by atoms with Gasteiger partial charge < -0.3 is 14.2 Å². The van der Waals surface area contributed by atoms with E-state index >= 15 is 0 Å². The normalized spacial score (nSPS) is 20.0. The molecule has 1 fully saturated rings. The average molecular weight is 493 g/mol. The molecule has 0 radical (unpaired) electrons. The summed E-state index contributed by atoms with van der Waals surface area (Å²) in [6.45, 7) is 4.81.